The first-order valence-electron chi connectivity index (χ1n) is 19.1. The summed E-state index contributed by atoms with van der Waals surface area (Å²) in [6.45, 7) is 0. The van der Waals surface area contributed by atoms with Gasteiger partial charge in [-0.2, -0.15) is 9.97 Å². The molecule has 0 aliphatic rings. The second-order valence-corrected chi connectivity index (χ2v) is 11.5. The molecule has 0 aliphatic carbocycles. The molecule has 0 N–H and O–H groups in total. The average Bonchev–Trinajstić information content (AvgIpc) is 3.90. The predicted molar refractivity (Wildman–Crippen MR) is 185 cm³/mol. The third-order valence-electron chi connectivity index (χ3n) is 7.97. The van der Waals surface area contributed by atoms with E-state index < -0.39 is 36.3 Å². The van der Waals surface area contributed by atoms with Gasteiger partial charge in [0.2, 0.25) is 5.95 Å². The zero-order chi connectivity index (χ0) is 38.2. The normalized spacial score (nSPS) is 15.1. The molecule has 0 fully saturated rings. The average molecular weight is 605 g/mol. The number of rotatable bonds is 3. The van der Waals surface area contributed by atoms with E-state index in [-0.39, 0.29) is 83.7 Å². The molecule has 10 rings (SSSR count). The molecule has 0 spiro atoms. The lowest BCUT2D eigenvalue weighted by Crippen LogP contribution is -2.06. The first-order valence-corrected chi connectivity index (χ1v) is 14.9. The summed E-state index contributed by atoms with van der Waals surface area (Å²) < 4.78 is 96.6. The van der Waals surface area contributed by atoms with Crippen LogP contribution in [0.25, 0.3) is 92.6 Å². The number of aromatic nitrogens is 4. The third-order valence-corrected chi connectivity index (χ3v) is 8.99. The Bertz CT molecular complexity index is 3340. The molecule has 0 radical (unpaired) electrons. The maximum atomic E-state index is 9.42. The SMILES string of the molecule is [2H]c1c([2H])c([2H])c2c(sc3c([2H])c([2H])c4c(c5c([2H])c([2H])c([2H])c([2H])c5n4-c4nc(-c5ccccc5)nc(-c5ccc6oc7ccccc7c6c5)n4)c32)c1[2H]. The van der Waals surface area contributed by atoms with Gasteiger partial charge >= 0.3 is 0 Å². The van der Waals surface area contributed by atoms with Crippen molar-refractivity contribution in [3.05, 3.63) is 133 Å². The topological polar surface area (TPSA) is 56.7 Å². The summed E-state index contributed by atoms with van der Waals surface area (Å²) in [6.07, 6.45) is 0. The molecule has 0 unspecified atom stereocenters. The maximum absolute atomic E-state index is 9.42. The van der Waals surface area contributed by atoms with Crippen LogP contribution < -0.4 is 0 Å². The molecule has 0 bridgehead atoms. The van der Waals surface area contributed by atoms with Crippen LogP contribution in [0.2, 0.25) is 0 Å². The van der Waals surface area contributed by atoms with Crippen molar-refractivity contribution in [1.29, 1.82) is 0 Å². The van der Waals surface area contributed by atoms with Gasteiger partial charge < -0.3 is 4.42 Å². The van der Waals surface area contributed by atoms with Crippen molar-refractivity contribution in [3.8, 4) is 28.7 Å². The molecular formula is C39H22N4OS. The van der Waals surface area contributed by atoms with Gasteiger partial charge in [0.1, 0.15) is 11.2 Å². The molecule has 0 amide bonds. The number of nitrogens with zero attached hydrogens (tertiary/aromatic N) is 4. The highest BCUT2D eigenvalue weighted by Crippen LogP contribution is 2.43. The minimum atomic E-state index is -0.539. The van der Waals surface area contributed by atoms with Crippen LogP contribution in [0.15, 0.2) is 138 Å². The lowest BCUT2D eigenvalue weighted by molar-refractivity contribution is 0.669. The number of hydrogen-bond acceptors (Lipinski definition) is 5. The van der Waals surface area contributed by atoms with Gasteiger partial charge in [-0.3, -0.25) is 4.57 Å². The smallest absolute Gasteiger partial charge is 0.238 e. The van der Waals surface area contributed by atoms with Gasteiger partial charge in [-0.1, -0.05) is 84.8 Å². The van der Waals surface area contributed by atoms with Gasteiger partial charge in [0.15, 0.2) is 11.6 Å². The van der Waals surface area contributed by atoms with Gasteiger partial charge in [0.05, 0.1) is 24.7 Å². The molecular weight excluding hydrogens is 573 g/mol. The Hall–Kier alpha value is -5.85. The zero-order valence-corrected chi connectivity index (χ0v) is 23.9. The quantitative estimate of drug-likeness (QED) is 0.201. The highest BCUT2D eigenvalue weighted by Gasteiger charge is 2.21. The van der Waals surface area contributed by atoms with E-state index in [4.69, 9.17) is 27.6 Å². The maximum Gasteiger partial charge on any atom is 0.238 e. The lowest BCUT2D eigenvalue weighted by atomic mass is 10.1. The van der Waals surface area contributed by atoms with Crippen LogP contribution in [0, 0.1) is 0 Å². The first kappa shape index (κ1) is 16.9. The second kappa shape index (κ2) is 9.32. The molecule has 6 heteroatoms. The van der Waals surface area contributed by atoms with Crippen LogP contribution in [0.1, 0.15) is 13.7 Å². The van der Waals surface area contributed by atoms with E-state index in [9.17, 15) is 5.48 Å². The summed E-state index contributed by atoms with van der Waals surface area (Å²) in [5.41, 5.74) is 2.51. The summed E-state index contributed by atoms with van der Waals surface area (Å²) in [5.74, 6) is 0.378. The number of thiophene rings is 1. The van der Waals surface area contributed by atoms with Crippen molar-refractivity contribution >= 4 is 75.3 Å². The summed E-state index contributed by atoms with van der Waals surface area (Å²) >= 11 is 0.945. The van der Waals surface area contributed by atoms with Crippen LogP contribution in [-0.2, 0) is 0 Å². The van der Waals surface area contributed by atoms with Crippen molar-refractivity contribution < 1.29 is 18.1 Å². The number of para-hydroxylation sites is 2. The molecule has 45 heavy (non-hydrogen) atoms. The molecule has 0 saturated heterocycles. The van der Waals surface area contributed by atoms with Crippen molar-refractivity contribution in [1.82, 2.24) is 19.5 Å². The van der Waals surface area contributed by atoms with E-state index in [0.717, 1.165) is 22.1 Å². The molecule has 0 atom stereocenters. The van der Waals surface area contributed by atoms with Crippen molar-refractivity contribution in [2.45, 2.75) is 0 Å². The monoisotopic (exact) mass is 604 g/mol. The Labute approximate surface area is 274 Å². The second-order valence-electron chi connectivity index (χ2n) is 10.5. The molecule has 4 aromatic heterocycles. The molecule has 4 heterocycles. The van der Waals surface area contributed by atoms with E-state index in [0.29, 0.717) is 22.3 Å². The summed E-state index contributed by atoms with van der Waals surface area (Å²) in [5, 5.41) is 2.13. The lowest BCUT2D eigenvalue weighted by Gasteiger charge is -2.11. The molecule has 210 valence electrons. The van der Waals surface area contributed by atoms with E-state index in [1.165, 1.54) is 4.57 Å². The van der Waals surface area contributed by atoms with Crippen LogP contribution >= 0.6 is 11.3 Å². The highest BCUT2D eigenvalue weighted by molar-refractivity contribution is 7.26. The van der Waals surface area contributed by atoms with Crippen molar-refractivity contribution in [2.75, 3.05) is 0 Å². The number of hydrogen-bond donors (Lipinski definition) is 0. The van der Waals surface area contributed by atoms with Crippen LogP contribution in [0.5, 0.6) is 0 Å². The highest BCUT2D eigenvalue weighted by atomic mass is 32.1. The largest absolute Gasteiger partial charge is 0.456 e. The van der Waals surface area contributed by atoms with Gasteiger partial charge in [0.25, 0.3) is 0 Å². The Morgan fingerprint density at radius 1 is 0.556 bits per heavy atom. The van der Waals surface area contributed by atoms with Crippen molar-refractivity contribution in [2.24, 2.45) is 0 Å². The Kier molecular flexibility index (Phi) is 3.49. The molecule has 0 aliphatic heterocycles. The molecule has 5 nitrogen and oxygen atoms in total. The van der Waals surface area contributed by atoms with Crippen LogP contribution in [-0.4, -0.2) is 19.5 Å². The summed E-state index contributed by atoms with van der Waals surface area (Å²) in [4.78, 5) is 14.6. The first-order chi connectivity index (χ1) is 26.5. The van der Waals surface area contributed by atoms with Crippen LogP contribution in [0.4, 0.5) is 0 Å². The summed E-state index contributed by atoms with van der Waals surface area (Å²) in [7, 11) is 0. The van der Waals surface area contributed by atoms with Crippen LogP contribution in [0.3, 0.4) is 0 Å². The van der Waals surface area contributed by atoms with Gasteiger partial charge in [-0.15, -0.1) is 11.3 Å². The molecule has 0 saturated carbocycles. The predicted octanol–water partition coefficient (Wildman–Crippen LogP) is 10.6. The fourth-order valence-electron chi connectivity index (χ4n) is 6.00. The van der Waals surface area contributed by atoms with Gasteiger partial charge in [0, 0.05) is 52.8 Å². The van der Waals surface area contributed by atoms with Gasteiger partial charge in [-0.05, 0) is 48.4 Å². The van der Waals surface area contributed by atoms with E-state index in [2.05, 4.69) is 0 Å². The number of benzene rings is 6. The summed E-state index contributed by atoms with van der Waals surface area (Å²) in [6, 6.07) is 18.1. The van der Waals surface area contributed by atoms with Crippen molar-refractivity contribution in [3.63, 3.8) is 0 Å². The third kappa shape index (κ3) is 3.63. The minimum absolute atomic E-state index is 0.00104. The Morgan fingerprint density at radius 3 is 2.22 bits per heavy atom. The zero-order valence-electron chi connectivity index (χ0n) is 33.0. The fourth-order valence-corrected chi connectivity index (χ4v) is 6.97. The Balaban J connectivity index is 1.40. The van der Waals surface area contributed by atoms with E-state index in [1.807, 2.05) is 72.8 Å². The van der Waals surface area contributed by atoms with E-state index in [1.54, 1.807) is 0 Å². The van der Waals surface area contributed by atoms with E-state index >= 15 is 0 Å². The minimum Gasteiger partial charge on any atom is -0.456 e. The number of furan rings is 1. The standard InChI is InChI=1S/C39H22N4OS/c1-2-10-23(11-3-1)37-40-38(24-18-20-32-28(22-24)25-12-5-8-16-31(25)44-32)42-39(41-37)43-29-15-7-4-13-26(29)35-30(43)19-21-34-36(35)27-14-6-9-17-33(27)45-34/h1-22H/i4D,6D,7D,9D,13D,14D,15D,17D,19D,21D. The number of fused-ring (bicyclic) bond motifs is 10. The van der Waals surface area contributed by atoms with Gasteiger partial charge in [-0.25, -0.2) is 4.98 Å². The Morgan fingerprint density at radius 2 is 1.31 bits per heavy atom. The fraction of sp³-hybridized carbons (Fsp3) is 0. The molecule has 6 aromatic carbocycles. The molecule has 10 aromatic rings.